The van der Waals surface area contributed by atoms with Gasteiger partial charge in [0.25, 0.3) is 0 Å². The van der Waals surface area contributed by atoms with Gasteiger partial charge in [0.15, 0.2) is 0 Å². The lowest BCUT2D eigenvalue weighted by molar-refractivity contribution is 0.620. The van der Waals surface area contributed by atoms with Gasteiger partial charge in [0.2, 0.25) is 0 Å². The van der Waals surface area contributed by atoms with Gasteiger partial charge in [0, 0.05) is 0 Å². The first-order chi connectivity index (χ1) is 5.63. The summed E-state index contributed by atoms with van der Waals surface area (Å²) in [5.41, 5.74) is 11.3. The standard InChI is InChI=1S/C8H8FN3/c9-7-2-5(4-10)1-6(3-7)8(11)12/h1-3,8H,11-12H2. The van der Waals surface area contributed by atoms with Gasteiger partial charge in [-0.05, 0) is 23.8 Å². The largest absolute Gasteiger partial charge is 0.312 e. The Morgan fingerprint density at radius 1 is 1.33 bits per heavy atom. The molecular formula is C8H8FN3. The monoisotopic (exact) mass is 165 g/mol. The number of nitriles is 1. The van der Waals surface area contributed by atoms with Crippen LogP contribution in [0.15, 0.2) is 18.2 Å². The molecule has 0 amide bonds. The van der Waals surface area contributed by atoms with E-state index in [4.69, 9.17) is 16.7 Å². The first-order valence-corrected chi connectivity index (χ1v) is 3.35. The van der Waals surface area contributed by atoms with Crippen molar-refractivity contribution in [1.29, 1.82) is 5.26 Å². The average Bonchev–Trinajstić information content (AvgIpc) is 2.03. The molecule has 4 heteroatoms. The Hall–Kier alpha value is -1.44. The number of halogens is 1. The van der Waals surface area contributed by atoms with Crippen molar-refractivity contribution in [2.75, 3.05) is 0 Å². The lowest BCUT2D eigenvalue weighted by Crippen LogP contribution is -2.20. The van der Waals surface area contributed by atoms with Crippen LogP contribution in [0.25, 0.3) is 0 Å². The summed E-state index contributed by atoms with van der Waals surface area (Å²) in [6.07, 6.45) is -0.743. The zero-order valence-corrected chi connectivity index (χ0v) is 6.29. The minimum atomic E-state index is -0.743. The normalized spacial score (nSPS) is 9.92. The molecule has 0 spiro atoms. The summed E-state index contributed by atoms with van der Waals surface area (Å²) >= 11 is 0. The molecule has 0 atom stereocenters. The predicted molar refractivity (Wildman–Crippen MR) is 42.2 cm³/mol. The van der Waals surface area contributed by atoms with Gasteiger partial charge >= 0.3 is 0 Å². The summed E-state index contributed by atoms with van der Waals surface area (Å²) in [6.45, 7) is 0. The molecule has 1 aromatic carbocycles. The lowest BCUT2D eigenvalue weighted by atomic mass is 10.1. The lowest BCUT2D eigenvalue weighted by Gasteiger charge is -2.05. The van der Waals surface area contributed by atoms with E-state index >= 15 is 0 Å². The van der Waals surface area contributed by atoms with E-state index in [1.807, 2.05) is 6.07 Å². The molecule has 0 saturated heterocycles. The van der Waals surface area contributed by atoms with Crippen molar-refractivity contribution >= 4 is 0 Å². The molecule has 62 valence electrons. The van der Waals surface area contributed by atoms with Gasteiger partial charge in [0.05, 0.1) is 17.8 Å². The fourth-order valence-corrected chi connectivity index (χ4v) is 0.869. The predicted octanol–water partition coefficient (Wildman–Crippen LogP) is 0.613. The van der Waals surface area contributed by atoms with Crippen LogP contribution in [0.2, 0.25) is 0 Å². The van der Waals surface area contributed by atoms with Crippen molar-refractivity contribution in [3.63, 3.8) is 0 Å². The Morgan fingerprint density at radius 2 is 2.00 bits per heavy atom. The molecule has 0 heterocycles. The van der Waals surface area contributed by atoms with Gasteiger partial charge < -0.3 is 11.5 Å². The van der Waals surface area contributed by atoms with Crippen LogP contribution in [0, 0.1) is 17.1 Å². The number of nitrogens with two attached hydrogens (primary N) is 2. The molecule has 0 radical (unpaired) electrons. The molecule has 0 fully saturated rings. The van der Waals surface area contributed by atoms with Gasteiger partial charge in [-0.3, -0.25) is 0 Å². The van der Waals surface area contributed by atoms with Crippen LogP contribution in [-0.4, -0.2) is 0 Å². The second-order valence-electron chi connectivity index (χ2n) is 2.41. The number of hydrogen-bond donors (Lipinski definition) is 2. The van der Waals surface area contributed by atoms with Gasteiger partial charge in [-0.1, -0.05) is 0 Å². The molecule has 0 aliphatic heterocycles. The van der Waals surface area contributed by atoms with Crippen LogP contribution < -0.4 is 11.5 Å². The Bertz CT molecular complexity index is 328. The third-order valence-corrected chi connectivity index (χ3v) is 1.43. The summed E-state index contributed by atoms with van der Waals surface area (Å²) < 4.78 is 12.7. The summed E-state index contributed by atoms with van der Waals surface area (Å²) in [7, 11) is 0. The van der Waals surface area contributed by atoms with Crippen molar-refractivity contribution in [2.45, 2.75) is 6.17 Å². The molecule has 0 saturated carbocycles. The number of hydrogen-bond acceptors (Lipinski definition) is 3. The molecule has 0 aliphatic rings. The minimum Gasteiger partial charge on any atom is -0.312 e. The average molecular weight is 165 g/mol. The van der Waals surface area contributed by atoms with Gasteiger partial charge in [0.1, 0.15) is 5.82 Å². The highest BCUT2D eigenvalue weighted by atomic mass is 19.1. The molecule has 12 heavy (non-hydrogen) atoms. The first kappa shape index (κ1) is 8.65. The molecule has 4 N–H and O–H groups in total. The highest BCUT2D eigenvalue weighted by Crippen LogP contribution is 2.11. The van der Waals surface area contributed by atoms with Crippen molar-refractivity contribution < 1.29 is 4.39 Å². The van der Waals surface area contributed by atoms with Gasteiger partial charge in [-0.25, -0.2) is 4.39 Å². The maximum atomic E-state index is 12.7. The van der Waals surface area contributed by atoms with E-state index in [0.29, 0.717) is 5.56 Å². The van der Waals surface area contributed by atoms with E-state index in [2.05, 4.69) is 0 Å². The van der Waals surface area contributed by atoms with E-state index in [-0.39, 0.29) is 5.56 Å². The minimum absolute atomic E-state index is 0.228. The second kappa shape index (κ2) is 3.30. The van der Waals surface area contributed by atoms with Crippen LogP contribution in [0.4, 0.5) is 4.39 Å². The third-order valence-electron chi connectivity index (χ3n) is 1.43. The van der Waals surface area contributed by atoms with Gasteiger partial charge in [-0.15, -0.1) is 0 Å². The summed E-state index contributed by atoms with van der Waals surface area (Å²) in [4.78, 5) is 0. The van der Waals surface area contributed by atoms with E-state index in [1.165, 1.54) is 12.1 Å². The second-order valence-corrected chi connectivity index (χ2v) is 2.41. The smallest absolute Gasteiger partial charge is 0.124 e. The van der Waals surface area contributed by atoms with Crippen molar-refractivity contribution in [1.82, 2.24) is 0 Å². The van der Waals surface area contributed by atoms with Crippen LogP contribution in [0.5, 0.6) is 0 Å². The fourth-order valence-electron chi connectivity index (χ4n) is 0.869. The highest BCUT2D eigenvalue weighted by molar-refractivity contribution is 5.34. The SMILES string of the molecule is N#Cc1cc(F)cc(C(N)N)c1. The van der Waals surface area contributed by atoms with Crippen molar-refractivity contribution in [2.24, 2.45) is 11.5 Å². The molecule has 0 unspecified atom stereocenters. The van der Waals surface area contributed by atoms with Crippen LogP contribution in [-0.2, 0) is 0 Å². The topological polar surface area (TPSA) is 75.8 Å². The zero-order chi connectivity index (χ0) is 9.14. The Kier molecular flexibility index (Phi) is 2.38. The Morgan fingerprint density at radius 3 is 2.50 bits per heavy atom. The van der Waals surface area contributed by atoms with E-state index in [0.717, 1.165) is 6.07 Å². The molecule has 3 nitrogen and oxygen atoms in total. The van der Waals surface area contributed by atoms with Gasteiger partial charge in [-0.2, -0.15) is 5.26 Å². The molecular weight excluding hydrogens is 157 g/mol. The molecule has 0 aromatic heterocycles. The Balaban J connectivity index is 3.17. The van der Waals surface area contributed by atoms with E-state index < -0.39 is 12.0 Å². The molecule has 1 rings (SSSR count). The third kappa shape index (κ3) is 1.78. The highest BCUT2D eigenvalue weighted by Gasteiger charge is 2.03. The Labute approximate surface area is 69.4 Å². The maximum absolute atomic E-state index is 12.7. The van der Waals surface area contributed by atoms with Crippen molar-refractivity contribution in [3.8, 4) is 6.07 Å². The number of nitrogens with zero attached hydrogens (tertiary/aromatic N) is 1. The summed E-state index contributed by atoms with van der Waals surface area (Å²) in [5, 5.41) is 8.47. The van der Waals surface area contributed by atoms with Crippen LogP contribution in [0.1, 0.15) is 17.3 Å². The first-order valence-electron chi connectivity index (χ1n) is 3.35. The summed E-state index contributed by atoms with van der Waals surface area (Å²) in [5.74, 6) is -0.495. The van der Waals surface area contributed by atoms with E-state index in [1.54, 1.807) is 0 Å². The molecule has 1 aromatic rings. The zero-order valence-electron chi connectivity index (χ0n) is 6.29. The summed E-state index contributed by atoms with van der Waals surface area (Å²) in [6, 6.07) is 5.62. The number of rotatable bonds is 1. The van der Waals surface area contributed by atoms with Crippen LogP contribution in [0.3, 0.4) is 0 Å². The fraction of sp³-hybridized carbons (Fsp3) is 0.125. The quantitative estimate of drug-likeness (QED) is 0.598. The molecule has 0 aliphatic carbocycles. The molecule has 0 bridgehead atoms. The van der Waals surface area contributed by atoms with Crippen LogP contribution >= 0.6 is 0 Å². The number of benzene rings is 1. The maximum Gasteiger partial charge on any atom is 0.124 e. The van der Waals surface area contributed by atoms with E-state index in [9.17, 15) is 4.39 Å². The van der Waals surface area contributed by atoms with Crippen molar-refractivity contribution in [3.05, 3.63) is 35.1 Å².